The maximum Gasteiger partial charge on any atom is 0.250 e. The van der Waals surface area contributed by atoms with Crippen molar-refractivity contribution in [2.75, 3.05) is 16.8 Å². The molecule has 158 valence electrons. The molecule has 3 saturated heterocycles. The summed E-state index contributed by atoms with van der Waals surface area (Å²) in [6.07, 6.45) is 1.59. The van der Waals surface area contributed by atoms with Gasteiger partial charge in [-0.25, -0.2) is 9.29 Å². The Labute approximate surface area is 179 Å². The molecule has 0 unspecified atom stereocenters. The molecule has 31 heavy (non-hydrogen) atoms. The largest absolute Gasteiger partial charge is 0.324 e. The van der Waals surface area contributed by atoms with Crippen LogP contribution in [0.1, 0.15) is 29.5 Å². The quantitative estimate of drug-likeness (QED) is 0.722. The van der Waals surface area contributed by atoms with Crippen molar-refractivity contribution >= 4 is 29.1 Å². The number of nitrogens with one attached hydrogen (secondary N) is 1. The van der Waals surface area contributed by atoms with Gasteiger partial charge in [-0.3, -0.25) is 19.3 Å². The number of nitrogens with zero attached hydrogens (tertiary/aromatic N) is 2. The minimum Gasteiger partial charge on any atom is -0.324 e. The predicted molar refractivity (Wildman–Crippen MR) is 112 cm³/mol. The number of anilines is 2. The van der Waals surface area contributed by atoms with Crippen LogP contribution in [0.4, 0.5) is 15.8 Å². The van der Waals surface area contributed by atoms with Crippen molar-refractivity contribution in [3.05, 3.63) is 58.9 Å². The summed E-state index contributed by atoms with van der Waals surface area (Å²) in [6, 6.07) is 9.48. The zero-order valence-corrected chi connectivity index (χ0v) is 17.3. The third-order valence-corrected chi connectivity index (χ3v) is 7.79. The lowest BCUT2D eigenvalue weighted by Crippen LogP contribution is -2.54. The molecule has 4 heterocycles. The van der Waals surface area contributed by atoms with Gasteiger partial charge in [0.05, 0.1) is 17.5 Å². The molecule has 3 fully saturated rings. The van der Waals surface area contributed by atoms with Crippen LogP contribution in [0.25, 0.3) is 0 Å². The van der Waals surface area contributed by atoms with Gasteiger partial charge in [0.2, 0.25) is 17.7 Å². The average Bonchev–Trinajstić information content (AvgIpc) is 3.45. The highest BCUT2D eigenvalue weighted by atomic mass is 19.1. The maximum absolute atomic E-state index is 14.6. The minimum absolute atomic E-state index is 0.0367. The average molecular weight is 419 g/mol. The van der Waals surface area contributed by atoms with Gasteiger partial charge < -0.3 is 5.32 Å². The third kappa shape index (κ3) is 2.03. The fourth-order valence-corrected chi connectivity index (χ4v) is 6.39. The Morgan fingerprint density at radius 3 is 2.61 bits per heavy atom. The maximum atomic E-state index is 14.6. The van der Waals surface area contributed by atoms with Crippen LogP contribution in [0.5, 0.6) is 0 Å². The smallest absolute Gasteiger partial charge is 0.250 e. The topological polar surface area (TPSA) is 69.7 Å². The molecule has 4 aliphatic rings. The van der Waals surface area contributed by atoms with Gasteiger partial charge in [-0.15, -0.1) is 0 Å². The first-order valence-electron chi connectivity index (χ1n) is 10.7. The monoisotopic (exact) mass is 419 g/mol. The Morgan fingerprint density at radius 1 is 1.06 bits per heavy atom. The number of carbonyl (C=O) groups is 3. The minimum atomic E-state index is -1.23. The van der Waals surface area contributed by atoms with Crippen molar-refractivity contribution in [3.63, 3.8) is 0 Å². The van der Waals surface area contributed by atoms with Crippen molar-refractivity contribution in [2.45, 2.75) is 38.3 Å². The second-order valence-corrected chi connectivity index (χ2v) is 9.02. The number of rotatable bonds is 1. The molecule has 0 aromatic heterocycles. The summed E-state index contributed by atoms with van der Waals surface area (Å²) in [4.78, 5) is 44.0. The van der Waals surface area contributed by atoms with E-state index in [2.05, 4.69) is 10.2 Å². The molecule has 4 atom stereocenters. The van der Waals surface area contributed by atoms with E-state index in [0.717, 1.165) is 40.1 Å². The van der Waals surface area contributed by atoms with Gasteiger partial charge in [-0.05, 0) is 56.5 Å². The molecule has 6 nitrogen and oxygen atoms in total. The fourth-order valence-electron chi connectivity index (χ4n) is 6.39. The highest BCUT2D eigenvalue weighted by molar-refractivity contribution is 6.26. The van der Waals surface area contributed by atoms with E-state index in [-0.39, 0.29) is 17.6 Å². The summed E-state index contributed by atoms with van der Waals surface area (Å²) in [5.41, 5.74) is 2.24. The van der Waals surface area contributed by atoms with E-state index in [0.29, 0.717) is 6.54 Å². The van der Waals surface area contributed by atoms with E-state index in [1.807, 2.05) is 26.0 Å². The predicted octanol–water partition coefficient (Wildman–Crippen LogP) is 2.87. The van der Waals surface area contributed by atoms with E-state index in [1.54, 1.807) is 6.07 Å². The van der Waals surface area contributed by atoms with E-state index < -0.39 is 35.0 Å². The summed E-state index contributed by atoms with van der Waals surface area (Å²) in [7, 11) is 0. The summed E-state index contributed by atoms with van der Waals surface area (Å²) in [5, 5.41) is 3.03. The molecule has 4 aliphatic heterocycles. The van der Waals surface area contributed by atoms with Crippen LogP contribution >= 0.6 is 0 Å². The molecule has 0 bridgehead atoms. The molecular formula is C24H22FN3O3. The molecule has 7 heteroatoms. The molecule has 1 N–H and O–H groups in total. The zero-order chi connectivity index (χ0) is 21.7. The summed E-state index contributed by atoms with van der Waals surface area (Å²) >= 11 is 0. The first kappa shape index (κ1) is 18.7. The molecule has 0 radical (unpaired) electrons. The fraction of sp³-hybridized carbons (Fsp3) is 0.375. The number of fused-ring (bicyclic) bond motifs is 7. The van der Waals surface area contributed by atoms with Gasteiger partial charge in [-0.2, -0.15) is 0 Å². The number of amides is 3. The number of carbonyl (C=O) groups excluding carboxylic acids is 3. The first-order chi connectivity index (χ1) is 14.9. The molecule has 0 saturated carbocycles. The lowest BCUT2D eigenvalue weighted by Gasteiger charge is -2.36. The van der Waals surface area contributed by atoms with Gasteiger partial charge in [0, 0.05) is 17.3 Å². The van der Waals surface area contributed by atoms with Crippen molar-refractivity contribution in [2.24, 2.45) is 11.8 Å². The summed E-state index contributed by atoms with van der Waals surface area (Å²) < 4.78 is 14.6. The van der Waals surface area contributed by atoms with Crippen LogP contribution < -0.4 is 10.2 Å². The van der Waals surface area contributed by atoms with Crippen LogP contribution in [0.2, 0.25) is 0 Å². The van der Waals surface area contributed by atoms with Gasteiger partial charge >= 0.3 is 0 Å². The number of para-hydroxylation sites is 1. The first-order valence-corrected chi connectivity index (χ1v) is 10.7. The van der Waals surface area contributed by atoms with Gasteiger partial charge in [0.15, 0.2) is 0 Å². The lowest BCUT2D eigenvalue weighted by atomic mass is 9.75. The molecule has 6 rings (SSSR count). The Morgan fingerprint density at radius 2 is 1.84 bits per heavy atom. The van der Waals surface area contributed by atoms with Crippen LogP contribution in [0.3, 0.4) is 0 Å². The second-order valence-electron chi connectivity index (χ2n) is 9.02. The number of halogens is 1. The second kappa shape index (κ2) is 6.01. The van der Waals surface area contributed by atoms with Gasteiger partial charge in [-0.1, -0.05) is 24.3 Å². The Hall–Kier alpha value is -3.06. The SMILES string of the molecule is Cc1ccc2c(c1C)NC(=O)[C@@]21[C@@H]2C(=O)N(c3ccccc3F)C(=O)[C@@H]2[C@@H]2CCCN21. The lowest BCUT2D eigenvalue weighted by molar-refractivity contribution is -0.135. The van der Waals surface area contributed by atoms with E-state index in [1.165, 1.54) is 18.2 Å². The highest BCUT2D eigenvalue weighted by Gasteiger charge is 2.74. The Balaban J connectivity index is 1.59. The Bertz CT molecular complexity index is 1190. The Kier molecular flexibility index (Phi) is 3.62. The number of aryl methyl sites for hydroxylation is 1. The molecule has 1 spiro atoms. The van der Waals surface area contributed by atoms with Crippen molar-refractivity contribution < 1.29 is 18.8 Å². The molecule has 3 amide bonds. The standard InChI is InChI=1S/C24H22FN3O3/c1-12-9-10-14-20(13(12)2)26-23(31)24(14)19-18(17-8-5-11-27(17)24)21(29)28(22(19)30)16-7-4-3-6-15(16)25/h3-4,6-7,9-10,17-19H,5,8,11H2,1-2H3,(H,26,31)/t17-,18+,19-,24-/m0/s1. The van der Waals surface area contributed by atoms with E-state index in [4.69, 9.17) is 0 Å². The number of hydrogen-bond acceptors (Lipinski definition) is 4. The van der Waals surface area contributed by atoms with Crippen molar-refractivity contribution in [3.8, 4) is 0 Å². The van der Waals surface area contributed by atoms with Crippen molar-refractivity contribution in [1.82, 2.24) is 4.90 Å². The van der Waals surface area contributed by atoms with Crippen LogP contribution in [-0.2, 0) is 19.9 Å². The zero-order valence-electron chi connectivity index (χ0n) is 17.3. The van der Waals surface area contributed by atoms with Crippen LogP contribution in [0.15, 0.2) is 36.4 Å². The normalized spacial score (nSPS) is 31.4. The van der Waals surface area contributed by atoms with Crippen LogP contribution in [-0.4, -0.2) is 35.2 Å². The van der Waals surface area contributed by atoms with E-state index >= 15 is 0 Å². The van der Waals surface area contributed by atoms with Gasteiger partial charge in [0.1, 0.15) is 11.4 Å². The van der Waals surface area contributed by atoms with Crippen LogP contribution in [0, 0.1) is 31.5 Å². The molecule has 2 aromatic carbocycles. The molecule has 0 aliphatic carbocycles. The number of hydrogen-bond donors (Lipinski definition) is 1. The third-order valence-electron chi connectivity index (χ3n) is 7.79. The number of benzene rings is 2. The van der Waals surface area contributed by atoms with E-state index in [9.17, 15) is 18.8 Å². The molecule has 2 aromatic rings. The summed E-state index contributed by atoms with van der Waals surface area (Å²) in [6.45, 7) is 4.58. The van der Waals surface area contributed by atoms with Crippen molar-refractivity contribution in [1.29, 1.82) is 0 Å². The summed E-state index contributed by atoms with van der Waals surface area (Å²) in [5.74, 6) is -3.30. The van der Waals surface area contributed by atoms with Gasteiger partial charge in [0.25, 0.3) is 0 Å². The molecular weight excluding hydrogens is 397 g/mol. The number of imide groups is 1. The highest BCUT2D eigenvalue weighted by Crippen LogP contribution is 2.61.